The standard InChI is InChI=1S/C27H26N2O2/c1-27(29-18-17-28-19-29,21-11-6-3-7-12-21)31-25-16-15-22-23(13-8-14-24(22)30)26(25)20-9-4-2-5-10-20/h2-7,9-12,15-16,19H,8,13-14,17-18H2,1H3/t27-/m0/s1. The van der Waals surface area contributed by atoms with Crippen LogP contribution < -0.4 is 4.74 Å². The average Bonchev–Trinajstić information content (AvgIpc) is 3.36. The van der Waals surface area contributed by atoms with Crippen LogP contribution in [0.5, 0.6) is 5.75 Å². The van der Waals surface area contributed by atoms with Gasteiger partial charge < -0.3 is 9.64 Å². The van der Waals surface area contributed by atoms with Gasteiger partial charge in [-0.25, -0.2) is 0 Å². The fourth-order valence-corrected chi connectivity index (χ4v) is 4.66. The predicted octanol–water partition coefficient (Wildman–Crippen LogP) is 5.47. The molecule has 0 bridgehead atoms. The lowest BCUT2D eigenvalue weighted by Gasteiger charge is -2.39. The number of hydrogen-bond acceptors (Lipinski definition) is 4. The molecule has 5 rings (SSSR count). The minimum Gasteiger partial charge on any atom is -0.463 e. The first kappa shape index (κ1) is 19.6. The maximum absolute atomic E-state index is 12.6. The number of ether oxygens (including phenoxy) is 1. The van der Waals surface area contributed by atoms with Gasteiger partial charge >= 0.3 is 0 Å². The molecule has 0 radical (unpaired) electrons. The van der Waals surface area contributed by atoms with Crippen molar-refractivity contribution in [2.24, 2.45) is 4.99 Å². The number of rotatable bonds is 5. The monoisotopic (exact) mass is 410 g/mol. The second kappa shape index (κ2) is 8.03. The summed E-state index contributed by atoms with van der Waals surface area (Å²) in [4.78, 5) is 19.2. The first-order valence-corrected chi connectivity index (χ1v) is 10.9. The molecular formula is C27H26N2O2. The minimum atomic E-state index is -0.711. The molecule has 0 amide bonds. The third kappa shape index (κ3) is 3.52. The van der Waals surface area contributed by atoms with Crippen LogP contribution in [-0.4, -0.2) is 30.1 Å². The van der Waals surface area contributed by atoms with Crippen LogP contribution in [0.1, 0.15) is 41.3 Å². The SMILES string of the molecule is C[C@](Oc1ccc2c(c1-c1ccccc1)CCCC2=O)(c1ccccc1)N1C=NCC1. The van der Waals surface area contributed by atoms with E-state index in [4.69, 9.17) is 4.74 Å². The van der Waals surface area contributed by atoms with Crippen molar-refractivity contribution < 1.29 is 9.53 Å². The number of Topliss-reactive ketones (excluding diaryl/α,β-unsaturated/α-hetero) is 1. The lowest BCUT2D eigenvalue weighted by Crippen LogP contribution is -2.47. The van der Waals surface area contributed by atoms with E-state index in [2.05, 4.69) is 41.1 Å². The molecule has 0 aromatic heterocycles. The van der Waals surface area contributed by atoms with Gasteiger partial charge in [-0.15, -0.1) is 0 Å². The van der Waals surface area contributed by atoms with Crippen molar-refractivity contribution in [2.75, 3.05) is 13.1 Å². The van der Waals surface area contributed by atoms with E-state index in [-0.39, 0.29) is 5.78 Å². The molecule has 1 aliphatic carbocycles. The van der Waals surface area contributed by atoms with Crippen molar-refractivity contribution >= 4 is 12.1 Å². The van der Waals surface area contributed by atoms with Gasteiger partial charge in [-0.2, -0.15) is 0 Å². The van der Waals surface area contributed by atoms with E-state index < -0.39 is 5.72 Å². The largest absolute Gasteiger partial charge is 0.463 e. The van der Waals surface area contributed by atoms with Gasteiger partial charge in [-0.1, -0.05) is 60.7 Å². The van der Waals surface area contributed by atoms with Crippen molar-refractivity contribution in [1.82, 2.24) is 4.90 Å². The summed E-state index contributed by atoms with van der Waals surface area (Å²) in [6.07, 6.45) is 4.27. The summed E-state index contributed by atoms with van der Waals surface area (Å²) in [5.74, 6) is 1.02. The van der Waals surface area contributed by atoms with Gasteiger partial charge in [-0.05, 0) is 43.0 Å². The molecule has 4 nitrogen and oxygen atoms in total. The lowest BCUT2D eigenvalue weighted by atomic mass is 9.84. The zero-order chi connectivity index (χ0) is 21.3. The van der Waals surface area contributed by atoms with Gasteiger partial charge in [0.25, 0.3) is 0 Å². The Morgan fingerprint density at radius 2 is 1.68 bits per heavy atom. The van der Waals surface area contributed by atoms with Crippen molar-refractivity contribution in [3.63, 3.8) is 0 Å². The molecule has 0 spiro atoms. The number of fused-ring (bicyclic) bond motifs is 1. The van der Waals surface area contributed by atoms with Crippen LogP contribution in [0.2, 0.25) is 0 Å². The van der Waals surface area contributed by atoms with Gasteiger partial charge in [0.05, 0.1) is 12.9 Å². The van der Waals surface area contributed by atoms with E-state index in [1.54, 1.807) is 0 Å². The summed E-state index contributed by atoms with van der Waals surface area (Å²) in [5.41, 5.74) is 4.40. The molecule has 1 heterocycles. The van der Waals surface area contributed by atoms with E-state index >= 15 is 0 Å². The Labute approximate surface area is 183 Å². The van der Waals surface area contributed by atoms with Crippen molar-refractivity contribution in [3.05, 3.63) is 89.5 Å². The van der Waals surface area contributed by atoms with Crippen molar-refractivity contribution in [1.29, 1.82) is 0 Å². The molecule has 3 aromatic carbocycles. The summed E-state index contributed by atoms with van der Waals surface area (Å²) in [5, 5.41) is 0. The number of benzene rings is 3. The van der Waals surface area contributed by atoms with E-state index in [0.717, 1.165) is 59.5 Å². The second-order valence-corrected chi connectivity index (χ2v) is 8.27. The van der Waals surface area contributed by atoms with Gasteiger partial charge in [0.2, 0.25) is 5.72 Å². The van der Waals surface area contributed by atoms with Crippen LogP contribution in [0, 0.1) is 0 Å². The van der Waals surface area contributed by atoms with Crippen LogP contribution in [0.3, 0.4) is 0 Å². The molecular weight excluding hydrogens is 384 g/mol. The molecule has 31 heavy (non-hydrogen) atoms. The molecule has 2 aliphatic rings. The molecule has 1 aliphatic heterocycles. The van der Waals surface area contributed by atoms with Crippen molar-refractivity contribution in [2.45, 2.75) is 31.9 Å². The highest BCUT2D eigenvalue weighted by Crippen LogP contribution is 2.42. The van der Waals surface area contributed by atoms with Crippen LogP contribution in [0.4, 0.5) is 0 Å². The molecule has 1 atom stereocenters. The smallest absolute Gasteiger partial charge is 0.207 e. The summed E-state index contributed by atoms with van der Waals surface area (Å²) in [6.45, 7) is 3.66. The Hall–Kier alpha value is -3.40. The van der Waals surface area contributed by atoms with E-state index in [1.807, 2.05) is 54.9 Å². The summed E-state index contributed by atoms with van der Waals surface area (Å²) >= 11 is 0. The van der Waals surface area contributed by atoms with Gasteiger partial charge in [-0.3, -0.25) is 9.79 Å². The van der Waals surface area contributed by atoms with E-state index in [1.165, 1.54) is 0 Å². The van der Waals surface area contributed by atoms with Gasteiger partial charge in [0.1, 0.15) is 5.75 Å². The molecule has 0 saturated heterocycles. The number of ketones is 1. The summed E-state index contributed by atoms with van der Waals surface area (Å²) < 4.78 is 6.88. The van der Waals surface area contributed by atoms with Crippen LogP contribution >= 0.6 is 0 Å². The Kier molecular flexibility index (Phi) is 5.06. The van der Waals surface area contributed by atoms with Crippen LogP contribution in [0.25, 0.3) is 11.1 Å². The highest BCUT2D eigenvalue weighted by molar-refractivity contribution is 6.01. The van der Waals surface area contributed by atoms with Crippen LogP contribution in [0.15, 0.2) is 77.8 Å². The topological polar surface area (TPSA) is 41.9 Å². The van der Waals surface area contributed by atoms with E-state index in [0.29, 0.717) is 6.42 Å². The zero-order valence-electron chi connectivity index (χ0n) is 17.8. The highest BCUT2D eigenvalue weighted by atomic mass is 16.5. The lowest BCUT2D eigenvalue weighted by molar-refractivity contribution is -0.0247. The molecule has 0 N–H and O–H groups in total. The highest BCUT2D eigenvalue weighted by Gasteiger charge is 2.37. The average molecular weight is 411 g/mol. The molecule has 156 valence electrons. The zero-order valence-corrected chi connectivity index (χ0v) is 17.8. The third-order valence-electron chi connectivity index (χ3n) is 6.33. The van der Waals surface area contributed by atoms with Crippen molar-refractivity contribution in [3.8, 4) is 16.9 Å². The van der Waals surface area contributed by atoms with Gasteiger partial charge in [0, 0.05) is 29.7 Å². The molecule has 0 unspecified atom stereocenters. The normalized spacial score (nSPS) is 17.3. The summed E-state index contributed by atoms with van der Waals surface area (Å²) in [7, 11) is 0. The molecule has 4 heteroatoms. The Morgan fingerprint density at radius 3 is 2.39 bits per heavy atom. The minimum absolute atomic E-state index is 0.225. The summed E-state index contributed by atoms with van der Waals surface area (Å²) in [6, 6.07) is 24.5. The molecule has 3 aromatic rings. The first-order valence-electron chi connectivity index (χ1n) is 10.9. The maximum atomic E-state index is 12.6. The number of hydrogen-bond donors (Lipinski definition) is 0. The number of aliphatic imine (C=N–C) groups is 1. The maximum Gasteiger partial charge on any atom is 0.207 e. The fraction of sp³-hybridized carbons (Fsp3) is 0.259. The first-order chi connectivity index (χ1) is 15.2. The van der Waals surface area contributed by atoms with Gasteiger partial charge in [0.15, 0.2) is 5.78 Å². The second-order valence-electron chi connectivity index (χ2n) is 8.27. The molecule has 0 fully saturated rings. The molecule has 0 saturated carbocycles. The third-order valence-corrected chi connectivity index (χ3v) is 6.33. The number of carbonyl (C=O) groups is 1. The fourth-order valence-electron chi connectivity index (χ4n) is 4.66. The van der Waals surface area contributed by atoms with Crippen LogP contribution in [-0.2, 0) is 12.1 Å². The number of nitrogens with zero attached hydrogens (tertiary/aromatic N) is 2. The predicted molar refractivity (Wildman–Crippen MR) is 124 cm³/mol. The number of carbonyl (C=O) groups excluding carboxylic acids is 1. The Morgan fingerprint density at radius 1 is 0.935 bits per heavy atom. The Balaban J connectivity index is 1.67. The van der Waals surface area contributed by atoms with E-state index in [9.17, 15) is 4.79 Å². The quantitative estimate of drug-likeness (QED) is 0.560. The Bertz CT molecular complexity index is 1120.